The average Bonchev–Trinajstić information content (AvgIpc) is 2.75. The van der Waals surface area contributed by atoms with E-state index in [1.807, 2.05) is 0 Å². The van der Waals surface area contributed by atoms with Crippen LogP contribution in [0.15, 0.2) is 12.2 Å². The number of carboxylic acid groups (broad SMARTS) is 3. The number of allylic oxidation sites excluding steroid dienone is 2. The lowest BCUT2D eigenvalue weighted by molar-refractivity contribution is -0.969. The van der Waals surface area contributed by atoms with Crippen molar-refractivity contribution >= 4 is 17.9 Å². The van der Waals surface area contributed by atoms with Crippen LogP contribution in [0.3, 0.4) is 0 Å². The van der Waals surface area contributed by atoms with Gasteiger partial charge in [0, 0.05) is 0 Å². The molecule has 186 valence electrons. The van der Waals surface area contributed by atoms with Crippen molar-refractivity contribution in [1.29, 1.82) is 0 Å². The van der Waals surface area contributed by atoms with Gasteiger partial charge in [0.25, 0.3) is 0 Å². The highest BCUT2D eigenvalue weighted by molar-refractivity contribution is 5.76. The maximum Gasteiger partial charge on any atom is 0.362 e. The van der Waals surface area contributed by atoms with Crippen LogP contribution in [0.5, 0.6) is 0 Å². The van der Waals surface area contributed by atoms with Crippen molar-refractivity contribution in [2.75, 3.05) is 6.54 Å². The van der Waals surface area contributed by atoms with Gasteiger partial charge >= 0.3 is 11.9 Å². The molecular formula is C25H45NO6. The lowest BCUT2D eigenvalue weighted by Crippen LogP contribution is -2.72. The Kier molecular flexibility index (Phi) is 15.7. The molecule has 0 aliphatic carbocycles. The van der Waals surface area contributed by atoms with E-state index >= 15 is 0 Å². The van der Waals surface area contributed by atoms with E-state index in [4.69, 9.17) is 0 Å². The Bertz CT molecular complexity index is 539. The van der Waals surface area contributed by atoms with Crippen molar-refractivity contribution in [2.24, 2.45) is 0 Å². The summed E-state index contributed by atoms with van der Waals surface area (Å²) in [5.74, 6) is -3.83. The van der Waals surface area contributed by atoms with E-state index in [-0.39, 0.29) is 6.54 Å². The molecule has 0 bridgehead atoms. The number of aliphatic carboxylic acids is 3. The van der Waals surface area contributed by atoms with E-state index in [1.54, 1.807) is 0 Å². The zero-order valence-corrected chi connectivity index (χ0v) is 20.6. The molecule has 0 aliphatic heterocycles. The number of hydrogen-bond donors (Lipinski definition) is 2. The molecule has 0 aliphatic rings. The smallest absolute Gasteiger partial charge is 0.362 e. The highest BCUT2D eigenvalue weighted by Crippen LogP contribution is 2.27. The van der Waals surface area contributed by atoms with Crippen LogP contribution in [0.4, 0.5) is 0 Å². The van der Waals surface area contributed by atoms with E-state index in [0.29, 0.717) is 6.42 Å². The van der Waals surface area contributed by atoms with Gasteiger partial charge in [-0.05, 0) is 52.9 Å². The number of unbranched alkanes of at least 4 members (excludes halogenated alkanes) is 10. The zero-order chi connectivity index (χ0) is 24.6. The third-order valence-electron chi connectivity index (χ3n) is 6.76. The molecule has 0 aromatic heterocycles. The Labute approximate surface area is 194 Å². The molecule has 3 atom stereocenters. The first-order chi connectivity index (χ1) is 15.1. The molecule has 0 fully saturated rings. The molecule has 0 rings (SSSR count). The van der Waals surface area contributed by atoms with Gasteiger partial charge in [-0.3, -0.25) is 4.48 Å². The van der Waals surface area contributed by atoms with Gasteiger partial charge in [0.2, 0.25) is 0 Å². The minimum Gasteiger partial charge on any atom is -0.544 e. The van der Waals surface area contributed by atoms with Crippen molar-refractivity contribution < 1.29 is 34.2 Å². The Hall–Kier alpha value is -1.89. The topological polar surface area (TPSA) is 115 Å². The van der Waals surface area contributed by atoms with Gasteiger partial charge in [0.05, 0.1) is 12.5 Å². The number of carboxylic acids is 3. The summed E-state index contributed by atoms with van der Waals surface area (Å²) in [7, 11) is 0. The van der Waals surface area contributed by atoms with E-state index in [1.165, 1.54) is 52.9 Å². The fraction of sp³-hybridized carbons (Fsp3) is 0.800. The normalized spacial score (nSPS) is 16.4. The number of carbonyl (C=O) groups is 3. The largest absolute Gasteiger partial charge is 0.544 e. The fourth-order valence-electron chi connectivity index (χ4n) is 4.48. The molecule has 0 saturated heterocycles. The van der Waals surface area contributed by atoms with Crippen molar-refractivity contribution in [3.8, 4) is 0 Å². The summed E-state index contributed by atoms with van der Waals surface area (Å²) >= 11 is 0. The first-order valence-corrected chi connectivity index (χ1v) is 12.3. The number of rotatable bonds is 20. The molecule has 0 saturated carbocycles. The summed E-state index contributed by atoms with van der Waals surface area (Å²) in [6, 6.07) is -3.55. The zero-order valence-electron chi connectivity index (χ0n) is 20.6. The number of carbonyl (C=O) groups excluding carboxylic acids is 1. The molecule has 7 heteroatoms. The highest BCUT2D eigenvalue weighted by atomic mass is 16.4. The van der Waals surface area contributed by atoms with Crippen molar-refractivity contribution in [3.63, 3.8) is 0 Å². The summed E-state index contributed by atoms with van der Waals surface area (Å²) < 4.78 is -0.542. The van der Waals surface area contributed by atoms with Crippen molar-refractivity contribution in [1.82, 2.24) is 0 Å². The lowest BCUT2D eigenvalue weighted by Gasteiger charge is -2.49. The number of quaternary nitrogens is 1. The minimum atomic E-state index is -1.42. The summed E-state index contributed by atoms with van der Waals surface area (Å²) in [5.41, 5.74) is 0. The second kappa shape index (κ2) is 16.7. The number of nitrogens with zero attached hydrogens (tertiary/aromatic N) is 1. The van der Waals surface area contributed by atoms with Gasteiger partial charge in [-0.15, -0.1) is 0 Å². The van der Waals surface area contributed by atoms with Gasteiger partial charge < -0.3 is 20.1 Å². The summed E-state index contributed by atoms with van der Waals surface area (Å²) in [6.45, 7) is 6.50. The predicted molar refractivity (Wildman–Crippen MR) is 124 cm³/mol. The monoisotopic (exact) mass is 455 g/mol. The lowest BCUT2D eigenvalue weighted by atomic mass is 10.00. The van der Waals surface area contributed by atoms with Gasteiger partial charge in [0.1, 0.15) is 6.04 Å². The van der Waals surface area contributed by atoms with Crippen LogP contribution < -0.4 is 5.11 Å². The fourth-order valence-corrected chi connectivity index (χ4v) is 4.48. The molecule has 7 nitrogen and oxygen atoms in total. The Balaban J connectivity index is 4.50. The van der Waals surface area contributed by atoms with Crippen molar-refractivity contribution in [3.05, 3.63) is 12.2 Å². The SMILES string of the molecule is CCC/C=C/CCCCCCCCCCC[N+](C(C)C(=O)[O-])(C(C)C(=O)O)C(C)C(=O)O. The predicted octanol–water partition coefficient (Wildman–Crippen LogP) is 4.15. The third-order valence-corrected chi connectivity index (χ3v) is 6.76. The molecule has 0 amide bonds. The van der Waals surface area contributed by atoms with Gasteiger partial charge in [0.15, 0.2) is 12.1 Å². The quantitative estimate of drug-likeness (QED) is 0.162. The van der Waals surface area contributed by atoms with Crippen LogP contribution in [0.2, 0.25) is 0 Å². The van der Waals surface area contributed by atoms with E-state index in [0.717, 1.165) is 38.5 Å². The third kappa shape index (κ3) is 10.2. The van der Waals surface area contributed by atoms with Crippen LogP contribution in [-0.2, 0) is 14.4 Å². The Morgan fingerprint density at radius 1 is 0.719 bits per heavy atom. The Morgan fingerprint density at radius 2 is 1.12 bits per heavy atom. The summed E-state index contributed by atoms with van der Waals surface area (Å²) in [6.07, 6.45) is 17.6. The molecule has 0 heterocycles. The molecule has 3 unspecified atom stereocenters. The van der Waals surface area contributed by atoms with Gasteiger partial charge in [-0.2, -0.15) is 0 Å². The maximum absolute atomic E-state index is 11.7. The minimum absolute atomic E-state index is 0.182. The molecule has 2 N–H and O–H groups in total. The molecule has 0 radical (unpaired) electrons. The average molecular weight is 456 g/mol. The van der Waals surface area contributed by atoms with E-state index in [2.05, 4.69) is 19.1 Å². The van der Waals surface area contributed by atoms with Crippen LogP contribution >= 0.6 is 0 Å². The van der Waals surface area contributed by atoms with E-state index < -0.39 is 40.5 Å². The summed E-state index contributed by atoms with van der Waals surface area (Å²) in [5, 5.41) is 30.8. The molecule has 0 aromatic carbocycles. The molecule has 32 heavy (non-hydrogen) atoms. The highest BCUT2D eigenvalue weighted by Gasteiger charge is 2.50. The first kappa shape index (κ1) is 30.1. The second-order valence-corrected chi connectivity index (χ2v) is 8.97. The maximum atomic E-state index is 11.7. The summed E-state index contributed by atoms with van der Waals surface area (Å²) in [4.78, 5) is 35.1. The second-order valence-electron chi connectivity index (χ2n) is 8.97. The molecule has 0 aromatic rings. The van der Waals surface area contributed by atoms with Gasteiger partial charge in [-0.1, -0.05) is 64.0 Å². The van der Waals surface area contributed by atoms with Crippen LogP contribution in [-0.4, -0.2) is 57.3 Å². The Morgan fingerprint density at radius 3 is 1.53 bits per heavy atom. The van der Waals surface area contributed by atoms with Crippen LogP contribution in [0.25, 0.3) is 0 Å². The van der Waals surface area contributed by atoms with Crippen LogP contribution in [0.1, 0.15) is 105 Å². The standard InChI is InChI=1S/C25H45NO6/c1-5-6-7-8-9-10-11-12-13-14-15-16-17-18-19-26(20(2)23(27)28,21(3)24(29)30)22(4)25(31)32/h7-8,20-22H,5-6,9-19H2,1-4H3,(H2-,27,28,29,30,31,32)/b8-7+. The molecular weight excluding hydrogens is 410 g/mol. The first-order valence-electron chi connectivity index (χ1n) is 12.3. The van der Waals surface area contributed by atoms with Gasteiger partial charge in [-0.25, -0.2) is 9.59 Å². The van der Waals surface area contributed by atoms with Crippen LogP contribution in [0, 0.1) is 0 Å². The molecule has 0 spiro atoms. The van der Waals surface area contributed by atoms with E-state index in [9.17, 15) is 29.7 Å². The van der Waals surface area contributed by atoms with Crippen molar-refractivity contribution in [2.45, 2.75) is 123 Å². The number of hydrogen-bond acceptors (Lipinski definition) is 4.